The molecular formula is C17H16FNO. The average Bonchev–Trinajstić information content (AvgIpc) is 2.85. The lowest BCUT2D eigenvalue weighted by Crippen LogP contribution is -2.20. The number of hydrogen-bond donors (Lipinski definition) is 1. The van der Waals surface area contributed by atoms with Crippen molar-refractivity contribution in [2.75, 3.05) is 0 Å². The summed E-state index contributed by atoms with van der Waals surface area (Å²) in [4.78, 5) is 11.8. The van der Waals surface area contributed by atoms with Gasteiger partial charge in [0.25, 0.3) is 0 Å². The van der Waals surface area contributed by atoms with Crippen LogP contribution in [0.3, 0.4) is 0 Å². The van der Waals surface area contributed by atoms with Gasteiger partial charge in [0.05, 0.1) is 6.04 Å². The maximum Gasteiger partial charge on any atom is 0.221 e. The van der Waals surface area contributed by atoms with Crippen LogP contribution in [-0.2, 0) is 4.79 Å². The summed E-state index contributed by atoms with van der Waals surface area (Å²) in [6.45, 7) is 1.74. The van der Waals surface area contributed by atoms with Gasteiger partial charge in [0.1, 0.15) is 5.82 Å². The van der Waals surface area contributed by atoms with Crippen LogP contribution in [0.25, 0.3) is 0 Å². The molecule has 3 heteroatoms. The van der Waals surface area contributed by atoms with Crippen molar-refractivity contribution in [3.05, 3.63) is 71.0 Å². The Morgan fingerprint density at radius 3 is 2.55 bits per heavy atom. The van der Waals surface area contributed by atoms with Crippen LogP contribution in [0.4, 0.5) is 4.39 Å². The molecule has 0 saturated carbocycles. The molecule has 2 atom stereocenters. The van der Waals surface area contributed by atoms with Gasteiger partial charge in [-0.1, -0.05) is 42.5 Å². The minimum absolute atomic E-state index is 0.0139. The van der Waals surface area contributed by atoms with E-state index in [1.54, 1.807) is 19.1 Å². The lowest BCUT2D eigenvalue weighted by atomic mass is 9.87. The zero-order valence-electron chi connectivity index (χ0n) is 11.3. The molecule has 1 heterocycles. The van der Waals surface area contributed by atoms with Gasteiger partial charge in [0.15, 0.2) is 0 Å². The van der Waals surface area contributed by atoms with E-state index in [0.29, 0.717) is 12.0 Å². The van der Waals surface area contributed by atoms with E-state index >= 15 is 0 Å². The first-order valence-corrected chi connectivity index (χ1v) is 6.75. The van der Waals surface area contributed by atoms with E-state index in [9.17, 15) is 9.18 Å². The Morgan fingerprint density at radius 1 is 1.10 bits per heavy atom. The van der Waals surface area contributed by atoms with Crippen LogP contribution in [0.5, 0.6) is 0 Å². The molecule has 0 aromatic heterocycles. The first kappa shape index (κ1) is 12.9. The van der Waals surface area contributed by atoms with Crippen molar-refractivity contribution in [3.8, 4) is 0 Å². The summed E-state index contributed by atoms with van der Waals surface area (Å²) >= 11 is 0. The van der Waals surface area contributed by atoms with Gasteiger partial charge in [-0.05, 0) is 29.7 Å². The second kappa shape index (κ2) is 5.08. The minimum atomic E-state index is -0.214. The molecule has 1 aliphatic rings. The highest BCUT2D eigenvalue weighted by Gasteiger charge is 2.34. The van der Waals surface area contributed by atoms with Gasteiger partial charge in [0.2, 0.25) is 5.91 Å². The third kappa shape index (κ3) is 2.31. The highest BCUT2D eigenvalue weighted by atomic mass is 19.1. The first-order valence-electron chi connectivity index (χ1n) is 6.75. The van der Waals surface area contributed by atoms with Crippen molar-refractivity contribution in [1.82, 2.24) is 5.32 Å². The monoisotopic (exact) mass is 269 g/mol. The Hall–Kier alpha value is -2.16. The topological polar surface area (TPSA) is 29.1 Å². The van der Waals surface area contributed by atoms with Crippen molar-refractivity contribution >= 4 is 5.91 Å². The molecular weight excluding hydrogens is 253 g/mol. The van der Waals surface area contributed by atoms with E-state index in [4.69, 9.17) is 0 Å². The number of carbonyl (C=O) groups is 1. The number of benzene rings is 2. The second-order valence-electron chi connectivity index (χ2n) is 5.28. The van der Waals surface area contributed by atoms with Crippen LogP contribution in [0, 0.1) is 12.7 Å². The summed E-state index contributed by atoms with van der Waals surface area (Å²) in [6.07, 6.45) is 0.405. The van der Waals surface area contributed by atoms with E-state index in [0.717, 1.165) is 11.1 Å². The van der Waals surface area contributed by atoms with Gasteiger partial charge in [-0.25, -0.2) is 4.39 Å². The molecule has 0 aliphatic carbocycles. The van der Waals surface area contributed by atoms with Gasteiger partial charge in [-0.15, -0.1) is 0 Å². The van der Waals surface area contributed by atoms with Gasteiger partial charge < -0.3 is 5.32 Å². The molecule has 1 N–H and O–H groups in total. The maximum absolute atomic E-state index is 13.8. The molecule has 2 aromatic carbocycles. The van der Waals surface area contributed by atoms with E-state index in [1.165, 1.54) is 0 Å². The Morgan fingerprint density at radius 2 is 1.85 bits per heavy atom. The molecule has 102 valence electrons. The molecule has 20 heavy (non-hydrogen) atoms. The predicted octanol–water partition coefficient (Wildman–Crippen LogP) is 3.48. The molecule has 2 unspecified atom stereocenters. The zero-order chi connectivity index (χ0) is 14.1. The van der Waals surface area contributed by atoms with Crippen LogP contribution in [0.1, 0.15) is 35.1 Å². The average molecular weight is 269 g/mol. The molecule has 1 aliphatic heterocycles. The zero-order valence-corrected chi connectivity index (χ0v) is 11.3. The van der Waals surface area contributed by atoms with E-state index in [2.05, 4.69) is 5.32 Å². The summed E-state index contributed by atoms with van der Waals surface area (Å²) in [7, 11) is 0. The van der Waals surface area contributed by atoms with Crippen molar-refractivity contribution in [2.24, 2.45) is 0 Å². The highest BCUT2D eigenvalue weighted by Crippen LogP contribution is 2.38. The Bertz CT molecular complexity index is 639. The Kier molecular flexibility index (Phi) is 3.26. The molecule has 3 rings (SSSR count). The van der Waals surface area contributed by atoms with Crippen LogP contribution in [0.15, 0.2) is 48.5 Å². The predicted molar refractivity (Wildman–Crippen MR) is 75.8 cm³/mol. The van der Waals surface area contributed by atoms with Gasteiger partial charge >= 0.3 is 0 Å². The van der Waals surface area contributed by atoms with Gasteiger partial charge in [0, 0.05) is 12.3 Å². The van der Waals surface area contributed by atoms with Crippen LogP contribution in [0.2, 0.25) is 0 Å². The SMILES string of the molecule is Cc1ccc(C2CC(=O)NC2c2ccccc2)cc1F. The van der Waals surface area contributed by atoms with Crippen LogP contribution >= 0.6 is 0 Å². The third-order valence-electron chi connectivity index (χ3n) is 3.91. The summed E-state index contributed by atoms with van der Waals surface area (Å²) < 4.78 is 13.8. The summed E-state index contributed by atoms with van der Waals surface area (Å²) in [5, 5.41) is 2.99. The highest BCUT2D eigenvalue weighted by molar-refractivity contribution is 5.80. The number of amides is 1. The fourth-order valence-electron chi connectivity index (χ4n) is 2.78. The molecule has 1 fully saturated rings. The van der Waals surface area contributed by atoms with Crippen molar-refractivity contribution in [2.45, 2.75) is 25.3 Å². The summed E-state index contributed by atoms with van der Waals surface area (Å²) in [5.74, 6) is -0.210. The van der Waals surface area contributed by atoms with Crippen LogP contribution < -0.4 is 5.32 Å². The number of rotatable bonds is 2. The smallest absolute Gasteiger partial charge is 0.221 e. The quantitative estimate of drug-likeness (QED) is 0.888. The Balaban J connectivity index is 1.98. The third-order valence-corrected chi connectivity index (χ3v) is 3.91. The summed E-state index contributed by atoms with van der Waals surface area (Å²) in [5.41, 5.74) is 2.56. The fraction of sp³-hybridized carbons (Fsp3) is 0.235. The van der Waals surface area contributed by atoms with Crippen LogP contribution in [-0.4, -0.2) is 5.91 Å². The standard InChI is InChI=1S/C17H16FNO/c1-11-7-8-13(9-15(11)18)14-10-16(20)19-17(14)12-5-3-2-4-6-12/h2-9,14,17H,10H2,1H3,(H,19,20). The molecule has 2 aromatic rings. The largest absolute Gasteiger partial charge is 0.349 e. The molecule has 0 bridgehead atoms. The molecule has 1 amide bonds. The van der Waals surface area contributed by atoms with Gasteiger partial charge in [-0.3, -0.25) is 4.79 Å². The van der Waals surface area contributed by atoms with Crippen molar-refractivity contribution in [3.63, 3.8) is 0 Å². The molecule has 1 saturated heterocycles. The second-order valence-corrected chi connectivity index (χ2v) is 5.28. The maximum atomic E-state index is 13.8. The number of nitrogens with one attached hydrogen (secondary N) is 1. The number of halogens is 1. The fourth-order valence-corrected chi connectivity index (χ4v) is 2.78. The van der Waals surface area contributed by atoms with E-state index in [1.807, 2.05) is 36.4 Å². The molecule has 2 nitrogen and oxygen atoms in total. The van der Waals surface area contributed by atoms with E-state index in [-0.39, 0.29) is 23.7 Å². The molecule has 0 radical (unpaired) electrons. The lowest BCUT2D eigenvalue weighted by molar-refractivity contribution is -0.119. The minimum Gasteiger partial charge on any atom is -0.349 e. The molecule has 0 spiro atoms. The van der Waals surface area contributed by atoms with Crippen molar-refractivity contribution in [1.29, 1.82) is 0 Å². The van der Waals surface area contributed by atoms with E-state index < -0.39 is 0 Å². The van der Waals surface area contributed by atoms with Gasteiger partial charge in [-0.2, -0.15) is 0 Å². The number of aryl methyl sites for hydroxylation is 1. The summed E-state index contributed by atoms with van der Waals surface area (Å²) in [6, 6.07) is 15.0. The Labute approximate surface area is 117 Å². The van der Waals surface area contributed by atoms with Crippen molar-refractivity contribution < 1.29 is 9.18 Å². The number of hydrogen-bond acceptors (Lipinski definition) is 1. The normalized spacial score (nSPS) is 21.8. The lowest BCUT2D eigenvalue weighted by Gasteiger charge is -2.20. The number of carbonyl (C=O) groups excluding carboxylic acids is 1. The first-order chi connectivity index (χ1) is 9.65.